The number of esters is 1. The maximum absolute atomic E-state index is 13.1. The van der Waals surface area contributed by atoms with Crippen LogP contribution in [-0.2, 0) is 14.9 Å². The van der Waals surface area contributed by atoms with Crippen molar-refractivity contribution in [3.05, 3.63) is 59.7 Å². The predicted octanol–water partition coefficient (Wildman–Crippen LogP) is 2.86. The van der Waals surface area contributed by atoms with E-state index in [4.69, 9.17) is 4.74 Å². The number of carbonyl (C=O) groups excluding carboxylic acids is 1. The Morgan fingerprint density at radius 1 is 1.08 bits per heavy atom. The normalized spacial score (nSPS) is 20.3. The van der Waals surface area contributed by atoms with Crippen LogP contribution >= 0.6 is 0 Å². The number of hydrogen-bond donors (Lipinski definition) is 2. The number of hydrogen-bond acceptors (Lipinski definition) is 4. The monoisotopic (exact) mass is 350 g/mol. The zero-order chi connectivity index (χ0) is 18.0. The van der Waals surface area contributed by atoms with E-state index in [1.54, 1.807) is 0 Å². The Kier molecular flexibility index (Phi) is 4.79. The third-order valence-corrected chi connectivity index (χ3v) is 5.83. The summed E-state index contributed by atoms with van der Waals surface area (Å²) in [5.74, 6) is -0.148. The van der Waals surface area contributed by atoms with E-state index in [-0.39, 0.29) is 5.97 Å². The second kappa shape index (κ2) is 7.22. The lowest BCUT2D eigenvalue weighted by Gasteiger charge is -2.30. The van der Waals surface area contributed by atoms with Gasteiger partial charge in [-0.05, 0) is 35.1 Å². The summed E-state index contributed by atoms with van der Waals surface area (Å²) in [6.45, 7) is 3.04. The molecule has 136 valence electrons. The van der Waals surface area contributed by atoms with Crippen LogP contribution in [0.4, 0.5) is 0 Å². The van der Waals surface area contributed by atoms with E-state index >= 15 is 0 Å². The number of benzene rings is 2. The second-order valence-corrected chi connectivity index (χ2v) is 7.24. The molecule has 1 aliphatic carbocycles. The van der Waals surface area contributed by atoms with Crippen LogP contribution in [-0.4, -0.2) is 38.8 Å². The zero-order valence-electron chi connectivity index (χ0n) is 15.3. The molecule has 4 rings (SSSR count). The molecule has 2 N–H and O–H groups in total. The fourth-order valence-corrected chi connectivity index (χ4v) is 4.62. The molecule has 0 bridgehead atoms. The molecule has 1 aliphatic heterocycles. The zero-order valence-corrected chi connectivity index (χ0v) is 15.3. The Morgan fingerprint density at radius 2 is 1.73 bits per heavy atom. The fourth-order valence-electron chi connectivity index (χ4n) is 4.62. The Bertz CT molecular complexity index is 751. The van der Waals surface area contributed by atoms with Gasteiger partial charge < -0.3 is 15.4 Å². The van der Waals surface area contributed by atoms with Gasteiger partial charge in [0.1, 0.15) is 5.41 Å². The summed E-state index contributed by atoms with van der Waals surface area (Å²) in [4.78, 5) is 13.1. The van der Waals surface area contributed by atoms with Gasteiger partial charge in [0, 0.05) is 25.7 Å². The molecule has 1 fully saturated rings. The van der Waals surface area contributed by atoms with Gasteiger partial charge >= 0.3 is 5.97 Å². The van der Waals surface area contributed by atoms with E-state index in [0.717, 1.165) is 61.2 Å². The van der Waals surface area contributed by atoms with Crippen LogP contribution in [0.1, 0.15) is 30.4 Å². The summed E-state index contributed by atoms with van der Waals surface area (Å²) in [6.07, 6.45) is 2.79. The van der Waals surface area contributed by atoms with Gasteiger partial charge in [-0.15, -0.1) is 0 Å². The molecule has 0 saturated carbocycles. The van der Waals surface area contributed by atoms with Crippen LogP contribution < -0.4 is 10.6 Å². The number of fused-ring (bicyclic) bond motifs is 3. The Balaban J connectivity index is 1.69. The third kappa shape index (κ3) is 2.74. The lowest BCUT2D eigenvalue weighted by Crippen LogP contribution is -2.48. The van der Waals surface area contributed by atoms with Gasteiger partial charge in [-0.2, -0.15) is 0 Å². The number of carbonyl (C=O) groups is 1. The molecule has 0 radical (unpaired) electrons. The quantitative estimate of drug-likeness (QED) is 0.814. The SMILES string of the molecule is COC(=O)C1(CCCC2CNCCN2)c2ccccc2-c2ccccc21. The standard InChI is InChI=1S/C22H26N2O2/c1-26-21(25)22(12-6-7-16-15-23-13-14-24-16)19-10-4-2-8-17(19)18-9-3-5-11-20(18)22/h2-5,8-11,16,23-24H,6-7,12-15H2,1H3. The fraction of sp³-hybridized carbons (Fsp3) is 0.409. The van der Waals surface area contributed by atoms with Crippen LogP contribution in [0.25, 0.3) is 11.1 Å². The van der Waals surface area contributed by atoms with E-state index in [0.29, 0.717) is 6.04 Å². The molecule has 1 saturated heterocycles. The molecule has 2 aromatic carbocycles. The second-order valence-electron chi connectivity index (χ2n) is 7.24. The van der Waals surface area contributed by atoms with Gasteiger partial charge in [-0.1, -0.05) is 55.0 Å². The largest absolute Gasteiger partial charge is 0.468 e. The summed E-state index contributed by atoms with van der Waals surface area (Å²) >= 11 is 0. The van der Waals surface area contributed by atoms with Gasteiger partial charge in [0.05, 0.1) is 7.11 Å². The highest BCUT2D eigenvalue weighted by molar-refractivity contribution is 5.97. The van der Waals surface area contributed by atoms with Crippen LogP contribution in [0.15, 0.2) is 48.5 Å². The molecule has 1 unspecified atom stereocenters. The van der Waals surface area contributed by atoms with Crippen LogP contribution in [0.5, 0.6) is 0 Å². The first kappa shape index (κ1) is 17.3. The number of methoxy groups -OCH3 is 1. The van der Waals surface area contributed by atoms with Gasteiger partial charge in [-0.25, -0.2) is 0 Å². The Labute approximate surface area is 155 Å². The lowest BCUT2D eigenvalue weighted by atomic mass is 9.74. The number of nitrogens with one attached hydrogen (secondary N) is 2. The summed E-state index contributed by atoms with van der Waals surface area (Å²) < 4.78 is 5.33. The van der Waals surface area contributed by atoms with Crippen molar-refractivity contribution in [2.45, 2.75) is 30.7 Å². The molecule has 0 amide bonds. The van der Waals surface area contributed by atoms with Crippen molar-refractivity contribution in [3.8, 4) is 11.1 Å². The molecule has 2 aromatic rings. The minimum absolute atomic E-state index is 0.148. The molecular weight excluding hydrogens is 324 g/mol. The van der Waals surface area contributed by atoms with Crippen LogP contribution in [0.3, 0.4) is 0 Å². The summed E-state index contributed by atoms with van der Waals surface area (Å²) in [6, 6.07) is 17.0. The van der Waals surface area contributed by atoms with Crippen molar-refractivity contribution in [3.63, 3.8) is 0 Å². The number of ether oxygens (including phenoxy) is 1. The van der Waals surface area contributed by atoms with Crippen molar-refractivity contribution in [1.82, 2.24) is 10.6 Å². The van der Waals surface area contributed by atoms with Crippen LogP contribution in [0.2, 0.25) is 0 Å². The summed E-state index contributed by atoms with van der Waals surface area (Å²) in [5.41, 5.74) is 3.80. The molecule has 0 spiro atoms. The van der Waals surface area contributed by atoms with E-state index in [1.165, 1.54) is 7.11 Å². The maximum atomic E-state index is 13.1. The predicted molar refractivity (Wildman–Crippen MR) is 103 cm³/mol. The average molecular weight is 350 g/mol. The highest BCUT2D eigenvalue weighted by Crippen LogP contribution is 2.52. The van der Waals surface area contributed by atoms with E-state index < -0.39 is 5.41 Å². The van der Waals surface area contributed by atoms with E-state index in [9.17, 15) is 4.79 Å². The first-order valence-electron chi connectivity index (χ1n) is 9.49. The topological polar surface area (TPSA) is 50.4 Å². The minimum Gasteiger partial charge on any atom is -0.468 e. The van der Waals surface area contributed by atoms with Gasteiger partial charge in [-0.3, -0.25) is 4.79 Å². The molecule has 4 nitrogen and oxygen atoms in total. The lowest BCUT2D eigenvalue weighted by molar-refractivity contribution is -0.146. The van der Waals surface area contributed by atoms with Crippen molar-refractivity contribution < 1.29 is 9.53 Å². The summed E-state index contributed by atoms with van der Waals surface area (Å²) in [5, 5.41) is 6.99. The van der Waals surface area contributed by atoms with Gasteiger partial charge in [0.2, 0.25) is 0 Å². The molecule has 1 heterocycles. The molecule has 0 aromatic heterocycles. The first-order chi connectivity index (χ1) is 12.8. The Hall–Kier alpha value is -2.17. The van der Waals surface area contributed by atoms with Gasteiger partial charge in [0.25, 0.3) is 0 Å². The smallest absolute Gasteiger partial charge is 0.320 e. The van der Waals surface area contributed by atoms with Crippen molar-refractivity contribution in [2.75, 3.05) is 26.7 Å². The highest BCUT2D eigenvalue weighted by Gasteiger charge is 2.49. The van der Waals surface area contributed by atoms with Gasteiger partial charge in [0.15, 0.2) is 0 Å². The van der Waals surface area contributed by atoms with E-state index in [1.807, 2.05) is 24.3 Å². The third-order valence-electron chi connectivity index (χ3n) is 5.83. The van der Waals surface area contributed by atoms with Crippen molar-refractivity contribution >= 4 is 5.97 Å². The molecule has 4 heteroatoms. The molecule has 26 heavy (non-hydrogen) atoms. The summed E-state index contributed by atoms with van der Waals surface area (Å²) in [7, 11) is 1.50. The van der Waals surface area contributed by atoms with Crippen molar-refractivity contribution in [2.24, 2.45) is 0 Å². The molecule has 1 atom stereocenters. The Morgan fingerprint density at radius 3 is 2.31 bits per heavy atom. The van der Waals surface area contributed by atoms with Crippen LogP contribution in [0, 0.1) is 0 Å². The molecular formula is C22H26N2O2. The minimum atomic E-state index is -0.690. The average Bonchev–Trinajstić information content (AvgIpc) is 3.00. The highest BCUT2D eigenvalue weighted by atomic mass is 16.5. The van der Waals surface area contributed by atoms with Crippen molar-refractivity contribution in [1.29, 1.82) is 0 Å². The van der Waals surface area contributed by atoms with E-state index in [2.05, 4.69) is 34.9 Å². The molecule has 2 aliphatic rings. The first-order valence-corrected chi connectivity index (χ1v) is 9.49. The maximum Gasteiger partial charge on any atom is 0.320 e. The number of rotatable bonds is 5. The number of piperazine rings is 1.